The molecular weight excluding hydrogens is 240 g/mol. The fourth-order valence-corrected chi connectivity index (χ4v) is 2.82. The number of aliphatic hydroxyl groups excluding tert-OH is 2. The standard InChI is InChI=1S/C15H20N2O2/c1-9-3-4-13-12(10(9)2)5-11(16-13)6-17-7-14(18)15(19)8-17/h3-5,14-16,18-19H,6-8H2,1-2H3/t14-,15+. The van der Waals surface area contributed by atoms with Crippen LogP contribution in [0, 0.1) is 13.8 Å². The van der Waals surface area contributed by atoms with Crippen LogP contribution in [0.3, 0.4) is 0 Å². The molecule has 1 aliphatic heterocycles. The summed E-state index contributed by atoms with van der Waals surface area (Å²) in [5.74, 6) is 0. The average Bonchev–Trinajstić information content (AvgIpc) is 2.89. The molecule has 0 amide bonds. The van der Waals surface area contributed by atoms with Crippen molar-refractivity contribution in [2.24, 2.45) is 0 Å². The summed E-state index contributed by atoms with van der Waals surface area (Å²) in [7, 11) is 0. The van der Waals surface area contributed by atoms with E-state index in [4.69, 9.17) is 0 Å². The van der Waals surface area contributed by atoms with Crippen LogP contribution in [0.5, 0.6) is 0 Å². The van der Waals surface area contributed by atoms with Crippen molar-refractivity contribution in [2.45, 2.75) is 32.6 Å². The van der Waals surface area contributed by atoms with Crippen molar-refractivity contribution in [1.29, 1.82) is 0 Å². The van der Waals surface area contributed by atoms with Gasteiger partial charge >= 0.3 is 0 Å². The van der Waals surface area contributed by atoms with Crippen LogP contribution in [0.1, 0.15) is 16.8 Å². The highest BCUT2D eigenvalue weighted by atomic mass is 16.3. The van der Waals surface area contributed by atoms with Crippen LogP contribution in [0.25, 0.3) is 10.9 Å². The lowest BCUT2D eigenvalue weighted by molar-refractivity contribution is 0.0572. The summed E-state index contributed by atoms with van der Waals surface area (Å²) >= 11 is 0. The van der Waals surface area contributed by atoms with E-state index in [0.29, 0.717) is 13.1 Å². The molecule has 3 rings (SSSR count). The van der Waals surface area contributed by atoms with Crippen LogP contribution >= 0.6 is 0 Å². The summed E-state index contributed by atoms with van der Waals surface area (Å²) in [4.78, 5) is 5.49. The Balaban J connectivity index is 1.84. The Labute approximate surface area is 112 Å². The quantitative estimate of drug-likeness (QED) is 0.763. The number of H-pyrrole nitrogens is 1. The minimum absolute atomic E-state index is 0.536. The van der Waals surface area contributed by atoms with Crippen LogP contribution in [0.2, 0.25) is 0 Å². The molecule has 2 atom stereocenters. The van der Waals surface area contributed by atoms with Gasteiger partial charge in [-0.2, -0.15) is 0 Å². The third-order valence-corrected chi connectivity index (χ3v) is 4.13. The molecule has 0 saturated carbocycles. The number of aliphatic hydroxyl groups is 2. The lowest BCUT2D eigenvalue weighted by atomic mass is 10.1. The molecule has 2 heterocycles. The predicted molar refractivity (Wildman–Crippen MR) is 75.1 cm³/mol. The molecular formula is C15H20N2O2. The minimum Gasteiger partial charge on any atom is -0.389 e. The molecule has 1 aromatic heterocycles. The summed E-state index contributed by atoms with van der Waals surface area (Å²) in [6, 6.07) is 6.41. The van der Waals surface area contributed by atoms with Gasteiger partial charge in [-0.3, -0.25) is 4.90 Å². The molecule has 102 valence electrons. The van der Waals surface area contributed by atoms with Gasteiger partial charge in [-0.15, -0.1) is 0 Å². The van der Waals surface area contributed by atoms with Crippen molar-refractivity contribution >= 4 is 10.9 Å². The molecule has 1 saturated heterocycles. The average molecular weight is 260 g/mol. The molecule has 1 aliphatic rings. The zero-order chi connectivity index (χ0) is 13.6. The zero-order valence-electron chi connectivity index (χ0n) is 11.3. The number of benzene rings is 1. The summed E-state index contributed by atoms with van der Waals surface area (Å²) in [6.07, 6.45) is -1.23. The number of hydrogen-bond acceptors (Lipinski definition) is 3. The van der Waals surface area contributed by atoms with Crippen molar-refractivity contribution in [2.75, 3.05) is 13.1 Å². The maximum absolute atomic E-state index is 9.56. The van der Waals surface area contributed by atoms with E-state index < -0.39 is 12.2 Å². The molecule has 0 aliphatic carbocycles. The summed E-state index contributed by atoms with van der Waals surface area (Å²) in [6.45, 7) is 6.07. The third kappa shape index (κ3) is 2.27. The van der Waals surface area contributed by atoms with E-state index in [1.54, 1.807) is 0 Å². The second-order valence-electron chi connectivity index (χ2n) is 5.59. The second-order valence-corrected chi connectivity index (χ2v) is 5.59. The maximum atomic E-state index is 9.56. The minimum atomic E-state index is -0.617. The number of aromatic amines is 1. The molecule has 0 unspecified atom stereocenters. The second kappa shape index (κ2) is 4.63. The fraction of sp³-hybridized carbons (Fsp3) is 0.467. The van der Waals surface area contributed by atoms with E-state index in [2.05, 4.69) is 41.9 Å². The smallest absolute Gasteiger partial charge is 0.0938 e. The normalized spacial score (nSPS) is 24.4. The largest absolute Gasteiger partial charge is 0.389 e. The number of aryl methyl sites for hydroxylation is 2. The highest BCUT2D eigenvalue weighted by Gasteiger charge is 2.29. The fourth-order valence-electron chi connectivity index (χ4n) is 2.82. The zero-order valence-corrected chi connectivity index (χ0v) is 11.3. The Bertz CT molecular complexity index is 595. The molecule has 4 nitrogen and oxygen atoms in total. The first-order chi connectivity index (χ1) is 9.04. The van der Waals surface area contributed by atoms with E-state index >= 15 is 0 Å². The van der Waals surface area contributed by atoms with E-state index in [9.17, 15) is 10.2 Å². The van der Waals surface area contributed by atoms with Gasteiger partial charge in [0, 0.05) is 36.2 Å². The van der Waals surface area contributed by atoms with Gasteiger partial charge in [-0.25, -0.2) is 0 Å². The van der Waals surface area contributed by atoms with Crippen molar-refractivity contribution in [3.05, 3.63) is 35.0 Å². The maximum Gasteiger partial charge on any atom is 0.0938 e. The molecule has 0 radical (unpaired) electrons. The summed E-state index contributed by atoms with van der Waals surface area (Å²) in [5.41, 5.74) is 4.88. The van der Waals surface area contributed by atoms with E-state index in [-0.39, 0.29) is 0 Å². The highest BCUT2D eigenvalue weighted by Crippen LogP contribution is 2.23. The van der Waals surface area contributed by atoms with E-state index in [1.807, 2.05) is 0 Å². The molecule has 1 fully saturated rings. The lowest BCUT2D eigenvalue weighted by Crippen LogP contribution is -2.22. The van der Waals surface area contributed by atoms with Crippen LogP contribution in [-0.2, 0) is 6.54 Å². The molecule has 3 N–H and O–H groups in total. The topological polar surface area (TPSA) is 59.5 Å². The lowest BCUT2D eigenvalue weighted by Gasteiger charge is -2.12. The van der Waals surface area contributed by atoms with Crippen LogP contribution in [-0.4, -0.2) is 45.4 Å². The molecule has 1 aromatic carbocycles. The summed E-state index contributed by atoms with van der Waals surface area (Å²) < 4.78 is 0. The number of β-amino-alcohol motifs (C(OH)–C–C–N with tert-alkyl or cyclic N) is 2. The van der Waals surface area contributed by atoms with Crippen LogP contribution in [0.15, 0.2) is 18.2 Å². The predicted octanol–water partition coefficient (Wildman–Crippen LogP) is 1.32. The number of aromatic nitrogens is 1. The van der Waals surface area contributed by atoms with Crippen molar-refractivity contribution in [3.8, 4) is 0 Å². The van der Waals surface area contributed by atoms with Crippen molar-refractivity contribution < 1.29 is 10.2 Å². The van der Waals surface area contributed by atoms with Crippen molar-refractivity contribution in [3.63, 3.8) is 0 Å². The van der Waals surface area contributed by atoms with Gasteiger partial charge in [-0.1, -0.05) is 6.07 Å². The number of nitrogens with one attached hydrogen (secondary N) is 1. The Morgan fingerprint density at radius 3 is 2.58 bits per heavy atom. The molecule has 0 spiro atoms. The number of hydrogen-bond donors (Lipinski definition) is 3. The molecule has 0 bridgehead atoms. The van der Waals surface area contributed by atoms with Crippen LogP contribution < -0.4 is 0 Å². The first-order valence-corrected chi connectivity index (χ1v) is 6.71. The highest BCUT2D eigenvalue weighted by molar-refractivity contribution is 5.84. The first kappa shape index (κ1) is 12.7. The van der Waals surface area contributed by atoms with Crippen LogP contribution in [0.4, 0.5) is 0 Å². The van der Waals surface area contributed by atoms with Crippen molar-refractivity contribution in [1.82, 2.24) is 9.88 Å². The molecule has 4 heteroatoms. The number of rotatable bonds is 2. The van der Waals surface area contributed by atoms with E-state index in [0.717, 1.165) is 17.8 Å². The van der Waals surface area contributed by atoms with Gasteiger partial charge in [0.05, 0.1) is 12.2 Å². The molecule has 19 heavy (non-hydrogen) atoms. The first-order valence-electron chi connectivity index (χ1n) is 6.71. The van der Waals surface area contributed by atoms with Gasteiger partial charge in [0.25, 0.3) is 0 Å². The van der Waals surface area contributed by atoms with Gasteiger partial charge in [0.15, 0.2) is 0 Å². The Hall–Kier alpha value is -1.36. The number of likely N-dealkylation sites (tertiary alicyclic amines) is 1. The van der Waals surface area contributed by atoms with Gasteiger partial charge < -0.3 is 15.2 Å². The summed E-state index contributed by atoms with van der Waals surface area (Å²) in [5, 5.41) is 20.4. The Morgan fingerprint density at radius 1 is 1.21 bits per heavy atom. The SMILES string of the molecule is Cc1ccc2[nH]c(CN3C[C@@H](O)[C@@H](O)C3)cc2c1C. The number of nitrogens with zero attached hydrogens (tertiary/aromatic N) is 1. The monoisotopic (exact) mass is 260 g/mol. The van der Waals surface area contributed by atoms with Gasteiger partial charge in [0.2, 0.25) is 0 Å². The van der Waals surface area contributed by atoms with Gasteiger partial charge in [-0.05, 0) is 37.1 Å². The molecule has 2 aromatic rings. The Morgan fingerprint density at radius 2 is 1.89 bits per heavy atom. The number of fused-ring (bicyclic) bond motifs is 1. The third-order valence-electron chi connectivity index (χ3n) is 4.13. The van der Waals surface area contributed by atoms with E-state index in [1.165, 1.54) is 16.5 Å². The Kier molecular flexibility index (Phi) is 3.09. The van der Waals surface area contributed by atoms with Gasteiger partial charge in [0.1, 0.15) is 0 Å².